The molecular formula is C64H111NO5. The Morgan fingerprint density at radius 3 is 1.30 bits per heavy atom. The van der Waals surface area contributed by atoms with Crippen LogP contribution in [0.3, 0.4) is 0 Å². The second kappa shape index (κ2) is 56.7. The van der Waals surface area contributed by atoms with Gasteiger partial charge in [-0.05, 0) is 96.3 Å². The van der Waals surface area contributed by atoms with Crippen molar-refractivity contribution in [3.63, 3.8) is 0 Å². The first-order valence-corrected chi connectivity index (χ1v) is 29.5. The lowest BCUT2D eigenvalue weighted by atomic mass is 10.0. The molecule has 0 aliphatic carbocycles. The summed E-state index contributed by atoms with van der Waals surface area (Å²) in [5.41, 5.74) is 0. The van der Waals surface area contributed by atoms with Crippen LogP contribution in [0.5, 0.6) is 0 Å². The second-order valence-electron chi connectivity index (χ2n) is 19.7. The molecule has 0 radical (unpaired) electrons. The minimum atomic E-state index is -0.810. The number of hydrogen-bond donors (Lipinski definition) is 3. The Morgan fingerprint density at radius 2 is 0.829 bits per heavy atom. The molecule has 6 heteroatoms. The number of esters is 1. The van der Waals surface area contributed by atoms with Gasteiger partial charge in [0.2, 0.25) is 5.91 Å². The van der Waals surface area contributed by atoms with Crippen LogP contribution in [0, 0.1) is 0 Å². The second-order valence-corrected chi connectivity index (χ2v) is 19.7. The fourth-order valence-electron chi connectivity index (χ4n) is 8.52. The molecule has 0 saturated carbocycles. The number of hydrogen-bond acceptors (Lipinski definition) is 5. The van der Waals surface area contributed by atoms with Gasteiger partial charge < -0.3 is 20.3 Å². The van der Waals surface area contributed by atoms with Gasteiger partial charge in [0.1, 0.15) is 6.10 Å². The Kier molecular flexibility index (Phi) is 54.1. The van der Waals surface area contributed by atoms with Crippen LogP contribution in [-0.2, 0) is 14.3 Å². The molecule has 3 N–H and O–H groups in total. The summed E-state index contributed by atoms with van der Waals surface area (Å²) >= 11 is 0. The summed E-state index contributed by atoms with van der Waals surface area (Å²) in [6, 6.07) is -0.727. The van der Waals surface area contributed by atoms with Gasteiger partial charge in [-0.2, -0.15) is 0 Å². The lowest BCUT2D eigenvalue weighted by Crippen LogP contribution is -2.46. The Morgan fingerprint density at radius 1 is 0.443 bits per heavy atom. The molecule has 70 heavy (non-hydrogen) atoms. The summed E-state index contributed by atoms with van der Waals surface area (Å²) in [5, 5.41) is 23.9. The third-order valence-corrected chi connectivity index (χ3v) is 13.0. The molecule has 402 valence electrons. The molecule has 3 unspecified atom stereocenters. The predicted molar refractivity (Wildman–Crippen MR) is 305 cm³/mol. The average Bonchev–Trinajstić information content (AvgIpc) is 3.35. The van der Waals surface area contributed by atoms with E-state index in [2.05, 4.69) is 123 Å². The van der Waals surface area contributed by atoms with Crippen LogP contribution in [0.1, 0.15) is 271 Å². The standard InChI is InChI=1S/C64H111NO5/c1-4-7-10-13-16-19-22-25-28-31-32-33-36-39-42-45-48-51-54-57-64(69)70-60(55-52-49-46-43-40-37-34-29-26-23-20-17-14-11-8-5-2)58-63(68)65-61(59-66)62(67)56-53-50-47-44-41-38-35-30-27-24-21-18-15-12-9-6-3/h7,10,16,19,23,25-26,28-29,32-34,37,39-40,42,60-62,66-67H,4-6,8-9,11-15,17-18,20-22,24,27,30-31,35-36,38,41,43-59H2,1-3H3,(H,65,68)/b10-7-,19-16-,26-23+,28-25-,33-32-,34-29+,40-37+,42-39-. The normalized spacial score (nSPS) is 13.8. The number of carbonyl (C=O) groups is 2. The van der Waals surface area contributed by atoms with Gasteiger partial charge >= 0.3 is 5.97 Å². The van der Waals surface area contributed by atoms with Crippen molar-refractivity contribution in [2.75, 3.05) is 6.61 Å². The van der Waals surface area contributed by atoms with Crippen molar-refractivity contribution in [1.29, 1.82) is 0 Å². The van der Waals surface area contributed by atoms with Crippen molar-refractivity contribution in [3.05, 3.63) is 97.2 Å². The molecule has 0 saturated heterocycles. The molecule has 6 nitrogen and oxygen atoms in total. The van der Waals surface area contributed by atoms with Crippen molar-refractivity contribution in [3.8, 4) is 0 Å². The molecule has 0 bridgehead atoms. The van der Waals surface area contributed by atoms with Gasteiger partial charge in [-0.15, -0.1) is 0 Å². The quantitative estimate of drug-likeness (QED) is 0.0244. The van der Waals surface area contributed by atoms with E-state index in [-0.39, 0.29) is 24.9 Å². The zero-order chi connectivity index (χ0) is 50.9. The number of amides is 1. The molecule has 0 fully saturated rings. The van der Waals surface area contributed by atoms with E-state index in [1.807, 2.05) is 0 Å². The van der Waals surface area contributed by atoms with Gasteiger partial charge in [0.05, 0.1) is 25.2 Å². The number of unbranched alkanes of at least 4 members (excludes halogenated alkanes) is 26. The summed E-state index contributed by atoms with van der Waals surface area (Å²) in [4.78, 5) is 26.3. The first-order chi connectivity index (χ1) is 34.5. The third kappa shape index (κ3) is 51.1. The summed E-state index contributed by atoms with van der Waals surface area (Å²) in [5.74, 6) is -0.546. The van der Waals surface area contributed by atoms with Gasteiger partial charge in [0.25, 0.3) is 0 Å². The maximum Gasteiger partial charge on any atom is 0.306 e. The lowest BCUT2D eigenvalue weighted by molar-refractivity contribution is -0.151. The van der Waals surface area contributed by atoms with E-state index in [1.165, 1.54) is 116 Å². The molecule has 0 aromatic carbocycles. The number of carbonyl (C=O) groups excluding carboxylic acids is 2. The number of aliphatic hydroxyl groups excluding tert-OH is 2. The van der Waals surface area contributed by atoms with Crippen LogP contribution in [-0.4, -0.2) is 46.9 Å². The van der Waals surface area contributed by atoms with E-state index >= 15 is 0 Å². The van der Waals surface area contributed by atoms with Gasteiger partial charge in [-0.3, -0.25) is 9.59 Å². The van der Waals surface area contributed by atoms with Gasteiger partial charge in [-0.1, -0.05) is 259 Å². The SMILES string of the molecule is CC/C=C\C/C=C\C/C=C\C/C=C\C/C=C\CCCCCC(=O)OC(CCCCC/C=C/C=C/C=C/CCCCCCC)CC(=O)NC(CO)C(O)CCCCCCCCCCCCCCCCCC. The molecule has 0 heterocycles. The van der Waals surface area contributed by atoms with Crippen molar-refractivity contribution >= 4 is 11.9 Å². The highest BCUT2D eigenvalue weighted by Crippen LogP contribution is 2.17. The fraction of sp³-hybridized carbons (Fsp3) is 0.719. The summed E-state index contributed by atoms with van der Waals surface area (Å²) in [7, 11) is 0. The lowest BCUT2D eigenvalue weighted by Gasteiger charge is -2.24. The highest BCUT2D eigenvalue weighted by atomic mass is 16.5. The van der Waals surface area contributed by atoms with E-state index in [9.17, 15) is 19.8 Å². The highest BCUT2D eigenvalue weighted by molar-refractivity contribution is 5.77. The Labute approximate surface area is 433 Å². The highest BCUT2D eigenvalue weighted by Gasteiger charge is 2.24. The first kappa shape index (κ1) is 66.8. The Bertz CT molecular complexity index is 1370. The third-order valence-electron chi connectivity index (χ3n) is 13.0. The van der Waals surface area contributed by atoms with Crippen LogP contribution in [0.4, 0.5) is 0 Å². The maximum absolute atomic E-state index is 13.3. The molecule has 0 aliphatic rings. The summed E-state index contributed by atoms with van der Waals surface area (Å²) < 4.78 is 5.94. The smallest absolute Gasteiger partial charge is 0.306 e. The van der Waals surface area contributed by atoms with Crippen LogP contribution < -0.4 is 5.32 Å². The number of allylic oxidation sites excluding steroid dienone is 16. The van der Waals surface area contributed by atoms with Crippen LogP contribution in [0.25, 0.3) is 0 Å². The minimum absolute atomic E-state index is 0.0367. The van der Waals surface area contributed by atoms with Gasteiger partial charge in [-0.25, -0.2) is 0 Å². The van der Waals surface area contributed by atoms with E-state index < -0.39 is 18.2 Å². The largest absolute Gasteiger partial charge is 0.462 e. The molecule has 1 amide bonds. The molecule has 0 rings (SSSR count). The first-order valence-electron chi connectivity index (χ1n) is 29.5. The average molecular weight is 975 g/mol. The molecular weight excluding hydrogens is 863 g/mol. The summed E-state index contributed by atoms with van der Waals surface area (Å²) in [6.45, 7) is 6.36. The molecule has 0 aromatic rings. The number of aliphatic hydroxyl groups is 2. The summed E-state index contributed by atoms with van der Waals surface area (Å²) in [6.07, 6.45) is 76.1. The monoisotopic (exact) mass is 974 g/mol. The van der Waals surface area contributed by atoms with Crippen molar-refractivity contribution < 1.29 is 24.5 Å². The van der Waals surface area contributed by atoms with Crippen LogP contribution in [0.2, 0.25) is 0 Å². The predicted octanol–water partition coefficient (Wildman–Crippen LogP) is 18.5. The zero-order valence-electron chi connectivity index (χ0n) is 45.9. The number of rotatable bonds is 52. The Balaban J connectivity index is 4.69. The molecule has 0 aromatic heterocycles. The Hall–Kier alpha value is -3.22. The van der Waals surface area contributed by atoms with Crippen molar-refractivity contribution in [1.82, 2.24) is 5.32 Å². The van der Waals surface area contributed by atoms with Gasteiger partial charge in [0.15, 0.2) is 0 Å². The fourth-order valence-corrected chi connectivity index (χ4v) is 8.52. The van der Waals surface area contributed by atoms with E-state index in [1.54, 1.807) is 0 Å². The van der Waals surface area contributed by atoms with Crippen LogP contribution >= 0.6 is 0 Å². The van der Waals surface area contributed by atoms with Gasteiger partial charge in [0, 0.05) is 6.42 Å². The molecule has 0 aliphatic heterocycles. The van der Waals surface area contributed by atoms with E-state index in [0.717, 1.165) is 109 Å². The molecule has 0 spiro atoms. The maximum atomic E-state index is 13.3. The van der Waals surface area contributed by atoms with Crippen molar-refractivity contribution in [2.24, 2.45) is 0 Å². The van der Waals surface area contributed by atoms with E-state index in [4.69, 9.17) is 4.74 Å². The molecule has 3 atom stereocenters. The number of nitrogens with one attached hydrogen (secondary N) is 1. The van der Waals surface area contributed by atoms with Crippen LogP contribution in [0.15, 0.2) is 97.2 Å². The zero-order valence-corrected chi connectivity index (χ0v) is 45.9. The van der Waals surface area contributed by atoms with E-state index in [0.29, 0.717) is 19.3 Å². The number of ether oxygens (including phenoxy) is 1. The van der Waals surface area contributed by atoms with Crippen molar-refractivity contribution in [2.45, 2.75) is 289 Å². The topological polar surface area (TPSA) is 95.9 Å². The minimum Gasteiger partial charge on any atom is -0.462 e.